The molecule has 29 heavy (non-hydrogen) atoms. The second kappa shape index (κ2) is 8.33. The van der Waals surface area contributed by atoms with Crippen LogP contribution in [0, 0.1) is 12.8 Å². The molecule has 0 aromatic heterocycles. The molecule has 0 bridgehead atoms. The van der Waals surface area contributed by atoms with Gasteiger partial charge in [-0.15, -0.1) is 0 Å². The quantitative estimate of drug-likeness (QED) is 0.580. The van der Waals surface area contributed by atoms with Crippen molar-refractivity contribution in [2.45, 2.75) is 45.7 Å². The van der Waals surface area contributed by atoms with Gasteiger partial charge in [0.15, 0.2) is 0 Å². The molecular weight excluding hydrogens is 383 g/mol. The van der Waals surface area contributed by atoms with E-state index in [1.54, 1.807) is 0 Å². The second-order valence-electron chi connectivity index (χ2n) is 8.14. The van der Waals surface area contributed by atoms with Gasteiger partial charge in [-0.3, -0.25) is 9.36 Å². The predicted molar refractivity (Wildman–Crippen MR) is 118 cm³/mol. The lowest BCUT2D eigenvalue weighted by Gasteiger charge is -2.30. The molecule has 1 fully saturated rings. The van der Waals surface area contributed by atoms with Crippen molar-refractivity contribution in [2.24, 2.45) is 5.92 Å². The molecular formula is C23H29N2O3P. The highest BCUT2D eigenvalue weighted by Crippen LogP contribution is 2.50. The Balaban J connectivity index is 1.54. The zero-order valence-electron chi connectivity index (χ0n) is 17.2. The summed E-state index contributed by atoms with van der Waals surface area (Å²) in [7, 11) is -3.08. The normalized spacial score (nSPS) is 18.3. The van der Waals surface area contributed by atoms with E-state index in [0.29, 0.717) is 25.1 Å². The molecule has 1 N–H and O–H groups in total. The van der Waals surface area contributed by atoms with Gasteiger partial charge in [-0.25, -0.2) is 0 Å². The maximum absolute atomic E-state index is 13.5. The molecule has 2 aliphatic rings. The molecule has 1 unspecified atom stereocenters. The average molecular weight is 412 g/mol. The highest BCUT2D eigenvalue weighted by atomic mass is 31.2. The largest absolute Gasteiger partial charge is 0.315 e. The number of hydrogen-bond donors (Lipinski definition) is 1. The summed E-state index contributed by atoms with van der Waals surface area (Å²) in [6.45, 7) is 5.10. The fraction of sp³-hybridized carbons (Fsp3) is 0.435. The van der Waals surface area contributed by atoms with Gasteiger partial charge in [0.1, 0.15) is 0 Å². The Labute approximate surface area is 173 Å². The Hall–Kier alpha value is -2.10. The predicted octanol–water partition coefficient (Wildman–Crippen LogP) is 5.53. The number of aryl methyl sites for hydroxylation is 2. The number of nitrogens with one attached hydrogen (secondary N) is 1. The van der Waals surface area contributed by atoms with E-state index in [1.807, 2.05) is 61.2 Å². The molecule has 4 rings (SSSR count). The summed E-state index contributed by atoms with van der Waals surface area (Å²) < 4.78 is 19.2. The van der Waals surface area contributed by atoms with E-state index >= 15 is 0 Å². The van der Waals surface area contributed by atoms with Crippen molar-refractivity contribution in [3.63, 3.8) is 0 Å². The number of carbonyl (C=O) groups is 1. The number of benzene rings is 2. The van der Waals surface area contributed by atoms with Crippen LogP contribution in [0.2, 0.25) is 0 Å². The minimum absolute atomic E-state index is 0.212. The van der Waals surface area contributed by atoms with Crippen molar-refractivity contribution in [3.8, 4) is 0 Å². The number of anilines is 2. The van der Waals surface area contributed by atoms with Gasteiger partial charge in [-0.2, -0.15) is 0 Å². The minimum atomic E-state index is -3.08. The third kappa shape index (κ3) is 4.91. The Kier molecular flexibility index (Phi) is 5.80. The van der Waals surface area contributed by atoms with Crippen LogP contribution in [-0.4, -0.2) is 19.1 Å². The van der Waals surface area contributed by atoms with Gasteiger partial charge >= 0.3 is 0 Å². The van der Waals surface area contributed by atoms with Crippen LogP contribution in [-0.2, 0) is 26.5 Å². The summed E-state index contributed by atoms with van der Waals surface area (Å²) in [6, 6.07) is 14.0. The van der Waals surface area contributed by atoms with Gasteiger partial charge in [0.25, 0.3) is 7.52 Å². The van der Waals surface area contributed by atoms with E-state index in [-0.39, 0.29) is 5.91 Å². The number of rotatable bonds is 8. The average Bonchev–Trinajstić information content (AvgIpc) is 3.50. The van der Waals surface area contributed by atoms with Crippen LogP contribution < -0.4 is 9.99 Å². The fourth-order valence-electron chi connectivity index (χ4n) is 3.84. The summed E-state index contributed by atoms with van der Waals surface area (Å²) in [5.74, 6) is 0.861. The van der Waals surface area contributed by atoms with Gasteiger partial charge in [-0.05, 0) is 68.4 Å². The van der Waals surface area contributed by atoms with Crippen LogP contribution in [0.1, 0.15) is 42.9 Å². The van der Waals surface area contributed by atoms with Crippen LogP contribution in [0.4, 0.5) is 11.4 Å². The van der Waals surface area contributed by atoms with Gasteiger partial charge in [0.05, 0.1) is 12.8 Å². The van der Waals surface area contributed by atoms with Crippen molar-refractivity contribution in [1.82, 2.24) is 0 Å². The molecule has 2 aromatic rings. The van der Waals surface area contributed by atoms with E-state index in [0.717, 1.165) is 35.5 Å². The van der Waals surface area contributed by atoms with Crippen LogP contribution >= 0.6 is 7.52 Å². The standard InChI is InChI=1S/C23H29N2O3P/c1-3-28-29(27,16-19-6-4-17(2)5-7-19)24-21-11-12-22-20(14-21)10-13-23(26)25(22)15-18-8-9-18/h4-7,11-12,14,18H,3,8-10,13,15-16H2,1-2H3,(H,24,27). The van der Waals surface area contributed by atoms with Gasteiger partial charge in [0.2, 0.25) is 5.91 Å². The molecule has 0 saturated heterocycles. The number of nitrogens with zero attached hydrogens (tertiary/aromatic N) is 1. The van der Waals surface area contributed by atoms with E-state index in [2.05, 4.69) is 5.09 Å². The Bertz CT molecular complexity index is 938. The molecule has 1 aliphatic heterocycles. The zero-order chi connectivity index (χ0) is 20.4. The molecule has 5 nitrogen and oxygen atoms in total. The SMILES string of the molecule is CCOP(=O)(Cc1ccc(C)cc1)Nc1ccc2c(c1)CCC(=O)N2CC1CC1. The molecule has 2 aromatic carbocycles. The zero-order valence-corrected chi connectivity index (χ0v) is 18.1. The molecule has 0 spiro atoms. The van der Waals surface area contributed by atoms with Gasteiger partial charge in [-0.1, -0.05) is 29.8 Å². The first-order valence-electron chi connectivity index (χ1n) is 10.5. The Morgan fingerprint density at radius 3 is 2.59 bits per heavy atom. The first kappa shape index (κ1) is 20.2. The third-order valence-corrected chi connectivity index (χ3v) is 7.62. The number of carbonyl (C=O) groups excluding carboxylic acids is 1. The number of hydrogen-bond acceptors (Lipinski definition) is 3. The van der Waals surface area contributed by atoms with Crippen LogP contribution in [0.5, 0.6) is 0 Å². The van der Waals surface area contributed by atoms with E-state index in [4.69, 9.17) is 4.52 Å². The Morgan fingerprint density at radius 2 is 1.90 bits per heavy atom. The van der Waals surface area contributed by atoms with Crippen molar-refractivity contribution < 1.29 is 13.9 Å². The molecule has 0 radical (unpaired) electrons. The van der Waals surface area contributed by atoms with E-state index < -0.39 is 7.52 Å². The Morgan fingerprint density at radius 1 is 1.14 bits per heavy atom. The molecule has 1 amide bonds. The van der Waals surface area contributed by atoms with Crippen molar-refractivity contribution in [3.05, 3.63) is 59.2 Å². The molecule has 1 saturated carbocycles. The summed E-state index contributed by atoms with van der Waals surface area (Å²) in [6.07, 6.45) is 4.03. The fourth-order valence-corrected chi connectivity index (χ4v) is 5.72. The van der Waals surface area contributed by atoms with Gasteiger partial charge in [0, 0.05) is 24.3 Å². The molecule has 1 heterocycles. The smallest absolute Gasteiger partial charge is 0.298 e. The summed E-state index contributed by atoms with van der Waals surface area (Å²) in [5.41, 5.74) is 5.08. The van der Waals surface area contributed by atoms with Crippen molar-refractivity contribution in [2.75, 3.05) is 23.1 Å². The number of fused-ring (bicyclic) bond motifs is 1. The molecule has 6 heteroatoms. The molecule has 154 valence electrons. The first-order chi connectivity index (χ1) is 14.0. The van der Waals surface area contributed by atoms with E-state index in [9.17, 15) is 9.36 Å². The van der Waals surface area contributed by atoms with Crippen molar-refractivity contribution in [1.29, 1.82) is 0 Å². The monoisotopic (exact) mass is 412 g/mol. The lowest BCUT2D eigenvalue weighted by molar-refractivity contribution is -0.118. The van der Waals surface area contributed by atoms with Crippen molar-refractivity contribution >= 4 is 24.8 Å². The van der Waals surface area contributed by atoms with Gasteiger partial charge < -0.3 is 14.5 Å². The first-order valence-corrected chi connectivity index (χ1v) is 12.3. The summed E-state index contributed by atoms with van der Waals surface area (Å²) >= 11 is 0. The summed E-state index contributed by atoms with van der Waals surface area (Å²) in [4.78, 5) is 14.3. The van der Waals surface area contributed by atoms with Crippen LogP contribution in [0.3, 0.4) is 0 Å². The van der Waals surface area contributed by atoms with E-state index in [1.165, 1.54) is 18.4 Å². The lowest BCUT2D eigenvalue weighted by atomic mass is 10.00. The topological polar surface area (TPSA) is 58.6 Å². The number of amides is 1. The molecule has 1 atom stereocenters. The third-order valence-electron chi connectivity index (χ3n) is 5.57. The second-order valence-corrected chi connectivity index (χ2v) is 10.3. The highest BCUT2D eigenvalue weighted by molar-refractivity contribution is 7.59. The maximum Gasteiger partial charge on any atom is 0.298 e. The van der Waals surface area contributed by atoms with Crippen LogP contribution in [0.25, 0.3) is 0 Å². The molecule has 1 aliphatic carbocycles. The summed E-state index contributed by atoms with van der Waals surface area (Å²) in [5, 5.41) is 3.18. The van der Waals surface area contributed by atoms with Crippen LogP contribution in [0.15, 0.2) is 42.5 Å². The minimum Gasteiger partial charge on any atom is -0.315 e. The lowest BCUT2D eigenvalue weighted by Crippen LogP contribution is -2.36. The highest BCUT2D eigenvalue weighted by Gasteiger charge is 2.31. The maximum atomic E-state index is 13.5.